The Morgan fingerprint density at radius 1 is 0.568 bits per heavy atom. The van der Waals surface area contributed by atoms with Crippen molar-refractivity contribution in [2.45, 2.75) is 180 Å². The first-order valence-electron chi connectivity index (χ1n) is 18.5. The summed E-state index contributed by atoms with van der Waals surface area (Å²) in [6.07, 6.45) is 48.8. The zero-order valence-electron chi connectivity index (χ0n) is 28.9. The highest BCUT2D eigenvalue weighted by Crippen LogP contribution is 2.13. The van der Waals surface area contributed by atoms with Crippen LogP contribution in [0.3, 0.4) is 0 Å². The molecule has 2 atom stereocenters. The van der Waals surface area contributed by atoms with Gasteiger partial charge in [0.1, 0.15) is 0 Å². The second kappa shape index (κ2) is 35.6. The van der Waals surface area contributed by atoms with Crippen molar-refractivity contribution in [3.05, 3.63) is 60.8 Å². The minimum absolute atomic E-state index is 0.0751. The molecule has 0 aromatic heterocycles. The molecule has 4 heteroatoms. The molecule has 0 aromatic rings. The number of carbonyl (C=O) groups excluding carboxylic acids is 1. The van der Waals surface area contributed by atoms with Gasteiger partial charge in [-0.1, -0.05) is 164 Å². The fourth-order valence-electron chi connectivity index (χ4n) is 5.17. The van der Waals surface area contributed by atoms with Gasteiger partial charge in [0, 0.05) is 6.42 Å². The van der Waals surface area contributed by atoms with E-state index in [9.17, 15) is 15.0 Å². The van der Waals surface area contributed by atoms with Gasteiger partial charge in [0.2, 0.25) is 5.91 Å². The highest BCUT2D eigenvalue weighted by molar-refractivity contribution is 5.76. The van der Waals surface area contributed by atoms with Gasteiger partial charge in [-0.05, 0) is 57.8 Å². The Balaban J connectivity index is 3.59. The Morgan fingerprint density at radius 3 is 1.50 bits per heavy atom. The Bertz CT molecular complexity index is 752. The lowest BCUT2D eigenvalue weighted by Gasteiger charge is -2.20. The summed E-state index contributed by atoms with van der Waals surface area (Å²) in [5.74, 6) is -0.0751. The first-order valence-corrected chi connectivity index (χ1v) is 18.5. The summed E-state index contributed by atoms with van der Waals surface area (Å²) in [4.78, 5) is 12.3. The summed E-state index contributed by atoms with van der Waals surface area (Å²) < 4.78 is 0. The second-order valence-electron chi connectivity index (χ2n) is 12.3. The standard InChI is InChI=1S/C40H71NO3/c1-3-5-7-9-11-13-14-15-16-17-18-19-20-21-22-23-24-25-26-28-30-32-34-36-40(44)41-38(37-42)39(43)35-33-31-29-27-12-10-8-6-4-2/h5,7,11,13,15-16,18-19,33,35,38-39,42-43H,3-4,6,8-10,12,14,17,20-32,34,36-37H2,1-2H3,(H,41,44)/b7-5-,13-11-,16-15-,19-18-,35-33+. The van der Waals surface area contributed by atoms with E-state index in [4.69, 9.17) is 0 Å². The molecule has 2 unspecified atom stereocenters. The van der Waals surface area contributed by atoms with E-state index >= 15 is 0 Å². The van der Waals surface area contributed by atoms with Gasteiger partial charge in [-0.3, -0.25) is 4.79 Å². The Kier molecular flexibility index (Phi) is 34.0. The normalized spacial score (nSPS) is 13.8. The van der Waals surface area contributed by atoms with Gasteiger partial charge in [0.05, 0.1) is 18.8 Å². The van der Waals surface area contributed by atoms with Crippen molar-refractivity contribution in [3.8, 4) is 0 Å². The van der Waals surface area contributed by atoms with E-state index in [2.05, 4.69) is 67.8 Å². The summed E-state index contributed by atoms with van der Waals surface area (Å²) in [5.41, 5.74) is 0. The lowest BCUT2D eigenvalue weighted by Crippen LogP contribution is -2.45. The average Bonchev–Trinajstić information content (AvgIpc) is 3.03. The fourth-order valence-corrected chi connectivity index (χ4v) is 5.17. The summed E-state index contributed by atoms with van der Waals surface area (Å²) >= 11 is 0. The maximum absolute atomic E-state index is 12.3. The van der Waals surface area contributed by atoms with Gasteiger partial charge in [-0.2, -0.15) is 0 Å². The number of carbonyl (C=O) groups is 1. The molecule has 0 fully saturated rings. The van der Waals surface area contributed by atoms with Crippen LogP contribution in [0.25, 0.3) is 0 Å². The van der Waals surface area contributed by atoms with E-state index in [1.807, 2.05) is 6.08 Å². The molecular weight excluding hydrogens is 542 g/mol. The summed E-state index contributed by atoms with van der Waals surface area (Å²) in [5, 5.41) is 22.8. The molecule has 3 N–H and O–H groups in total. The van der Waals surface area contributed by atoms with Crippen molar-refractivity contribution >= 4 is 5.91 Å². The van der Waals surface area contributed by atoms with Gasteiger partial charge in [0.15, 0.2) is 0 Å². The van der Waals surface area contributed by atoms with Crippen molar-refractivity contribution in [2.24, 2.45) is 0 Å². The lowest BCUT2D eigenvalue weighted by molar-refractivity contribution is -0.123. The first kappa shape index (κ1) is 42.1. The Labute approximate surface area is 273 Å². The average molecular weight is 614 g/mol. The number of aliphatic hydroxyl groups is 2. The molecule has 1 amide bonds. The minimum atomic E-state index is -0.840. The smallest absolute Gasteiger partial charge is 0.220 e. The second-order valence-corrected chi connectivity index (χ2v) is 12.3. The highest BCUT2D eigenvalue weighted by atomic mass is 16.3. The largest absolute Gasteiger partial charge is 0.394 e. The third kappa shape index (κ3) is 31.5. The molecule has 0 radical (unpaired) electrons. The van der Waals surface area contributed by atoms with Crippen molar-refractivity contribution in [3.63, 3.8) is 0 Å². The SMILES string of the molecule is CC/C=C\C/C=C\C/C=C\C/C=C\CCCCCCCCCCCCC(=O)NC(CO)C(O)/C=C/CCCCCCCCC. The molecule has 0 heterocycles. The quantitative estimate of drug-likeness (QED) is 0.0522. The third-order valence-corrected chi connectivity index (χ3v) is 8.01. The summed E-state index contributed by atoms with van der Waals surface area (Å²) in [7, 11) is 0. The molecule has 0 saturated heterocycles. The van der Waals surface area contributed by atoms with Crippen LogP contribution >= 0.6 is 0 Å². The molecule has 0 aliphatic rings. The monoisotopic (exact) mass is 614 g/mol. The molecule has 44 heavy (non-hydrogen) atoms. The summed E-state index contributed by atoms with van der Waals surface area (Å²) in [6, 6.07) is -0.623. The number of unbranched alkanes of at least 4 members (excludes halogenated alkanes) is 17. The molecule has 0 aliphatic carbocycles. The van der Waals surface area contributed by atoms with Gasteiger partial charge in [0.25, 0.3) is 0 Å². The number of aliphatic hydroxyl groups excluding tert-OH is 2. The van der Waals surface area contributed by atoms with Crippen LogP contribution in [0.5, 0.6) is 0 Å². The molecule has 0 spiro atoms. The zero-order chi connectivity index (χ0) is 32.2. The van der Waals surface area contributed by atoms with Crippen LogP contribution in [0, 0.1) is 0 Å². The van der Waals surface area contributed by atoms with Crippen LogP contribution in [0.4, 0.5) is 0 Å². The topological polar surface area (TPSA) is 69.6 Å². The van der Waals surface area contributed by atoms with E-state index in [0.717, 1.165) is 51.4 Å². The van der Waals surface area contributed by atoms with E-state index in [0.29, 0.717) is 6.42 Å². The van der Waals surface area contributed by atoms with Crippen LogP contribution in [-0.2, 0) is 4.79 Å². The van der Waals surface area contributed by atoms with E-state index in [-0.39, 0.29) is 12.5 Å². The molecule has 254 valence electrons. The minimum Gasteiger partial charge on any atom is -0.394 e. The van der Waals surface area contributed by atoms with Crippen molar-refractivity contribution in [2.75, 3.05) is 6.61 Å². The number of hydrogen-bond acceptors (Lipinski definition) is 3. The zero-order valence-corrected chi connectivity index (χ0v) is 28.9. The van der Waals surface area contributed by atoms with E-state index in [1.165, 1.54) is 96.3 Å². The Morgan fingerprint density at radius 2 is 1.00 bits per heavy atom. The highest BCUT2D eigenvalue weighted by Gasteiger charge is 2.17. The number of allylic oxidation sites excluding steroid dienone is 9. The molecule has 0 rings (SSSR count). The van der Waals surface area contributed by atoms with Gasteiger partial charge in [-0.15, -0.1) is 0 Å². The van der Waals surface area contributed by atoms with Crippen LogP contribution in [0.2, 0.25) is 0 Å². The lowest BCUT2D eigenvalue weighted by atomic mass is 10.0. The van der Waals surface area contributed by atoms with Crippen LogP contribution in [0.15, 0.2) is 60.8 Å². The van der Waals surface area contributed by atoms with Crippen LogP contribution < -0.4 is 5.32 Å². The van der Waals surface area contributed by atoms with Crippen molar-refractivity contribution < 1.29 is 15.0 Å². The van der Waals surface area contributed by atoms with Crippen LogP contribution in [-0.4, -0.2) is 34.9 Å². The number of hydrogen-bond donors (Lipinski definition) is 3. The third-order valence-electron chi connectivity index (χ3n) is 8.01. The van der Waals surface area contributed by atoms with Crippen molar-refractivity contribution in [1.29, 1.82) is 0 Å². The molecule has 0 saturated carbocycles. The summed E-state index contributed by atoms with van der Waals surface area (Å²) in [6.45, 7) is 4.15. The predicted octanol–water partition coefficient (Wildman–Crippen LogP) is 11.0. The van der Waals surface area contributed by atoms with Crippen molar-refractivity contribution in [1.82, 2.24) is 5.32 Å². The molecule has 0 aliphatic heterocycles. The van der Waals surface area contributed by atoms with E-state index in [1.54, 1.807) is 6.08 Å². The molecular formula is C40H71NO3. The predicted molar refractivity (Wildman–Crippen MR) is 193 cm³/mol. The molecule has 0 bridgehead atoms. The number of nitrogens with one attached hydrogen (secondary N) is 1. The molecule has 4 nitrogen and oxygen atoms in total. The van der Waals surface area contributed by atoms with Crippen LogP contribution in [0.1, 0.15) is 168 Å². The number of rotatable bonds is 32. The maximum atomic E-state index is 12.3. The molecule has 0 aromatic carbocycles. The fraction of sp³-hybridized carbons (Fsp3) is 0.725. The first-order chi connectivity index (χ1) is 21.7. The van der Waals surface area contributed by atoms with Gasteiger partial charge < -0.3 is 15.5 Å². The Hall–Kier alpha value is -1.91. The van der Waals surface area contributed by atoms with Gasteiger partial charge in [-0.25, -0.2) is 0 Å². The van der Waals surface area contributed by atoms with Gasteiger partial charge >= 0.3 is 0 Å². The maximum Gasteiger partial charge on any atom is 0.220 e. The number of amides is 1. The van der Waals surface area contributed by atoms with E-state index < -0.39 is 12.1 Å².